The summed E-state index contributed by atoms with van der Waals surface area (Å²) in [6, 6.07) is 5.74. The lowest BCUT2D eigenvalue weighted by Gasteiger charge is -2.45. The molecule has 5 heteroatoms. The number of rotatable bonds is 4. The second-order valence-corrected chi connectivity index (χ2v) is 6.63. The molecule has 2 N–H and O–H groups in total. The van der Waals surface area contributed by atoms with Gasteiger partial charge in [0.25, 0.3) is 0 Å². The van der Waals surface area contributed by atoms with Gasteiger partial charge in [0, 0.05) is 30.2 Å². The first-order chi connectivity index (χ1) is 9.88. The van der Waals surface area contributed by atoms with Gasteiger partial charge >= 0.3 is 0 Å². The van der Waals surface area contributed by atoms with E-state index in [9.17, 15) is 0 Å². The molecule has 1 fully saturated rings. The van der Waals surface area contributed by atoms with Crippen molar-refractivity contribution in [1.82, 2.24) is 4.90 Å². The summed E-state index contributed by atoms with van der Waals surface area (Å²) < 4.78 is 11.5. The van der Waals surface area contributed by atoms with Gasteiger partial charge in [-0.1, -0.05) is 17.7 Å². The summed E-state index contributed by atoms with van der Waals surface area (Å²) in [5.41, 5.74) is 6.84. The molecule has 0 spiro atoms. The molecule has 21 heavy (non-hydrogen) atoms. The molecule has 1 aliphatic rings. The summed E-state index contributed by atoms with van der Waals surface area (Å²) >= 11 is 6.41. The second kappa shape index (κ2) is 6.53. The number of halogens is 1. The van der Waals surface area contributed by atoms with Crippen molar-refractivity contribution < 1.29 is 9.47 Å². The van der Waals surface area contributed by atoms with Gasteiger partial charge in [-0.25, -0.2) is 0 Å². The summed E-state index contributed by atoms with van der Waals surface area (Å²) in [5.74, 6) is 0.787. The molecule has 1 heterocycles. The van der Waals surface area contributed by atoms with Crippen LogP contribution in [0.3, 0.4) is 0 Å². The van der Waals surface area contributed by atoms with Crippen LogP contribution >= 0.6 is 11.6 Å². The highest BCUT2D eigenvalue weighted by molar-refractivity contribution is 6.31. The first-order valence-electron chi connectivity index (χ1n) is 7.32. The van der Waals surface area contributed by atoms with Gasteiger partial charge < -0.3 is 15.2 Å². The van der Waals surface area contributed by atoms with Crippen molar-refractivity contribution in [1.29, 1.82) is 0 Å². The van der Waals surface area contributed by atoms with E-state index in [1.165, 1.54) is 0 Å². The number of ether oxygens (including phenoxy) is 2. The average Bonchev–Trinajstić information content (AvgIpc) is 2.39. The van der Waals surface area contributed by atoms with Crippen molar-refractivity contribution in [2.75, 3.05) is 26.7 Å². The van der Waals surface area contributed by atoms with Crippen LogP contribution in [0.1, 0.15) is 32.4 Å². The van der Waals surface area contributed by atoms with E-state index in [2.05, 4.69) is 25.7 Å². The standard InChI is InChI=1S/C16H25ClN2O2/c1-11-9-19(10-16(2,3)21-11)13(8-18)15-12(17)6-5-7-14(15)20-4/h5-7,11,13H,8-10,18H2,1-4H3. The summed E-state index contributed by atoms with van der Waals surface area (Å²) in [4.78, 5) is 2.35. The van der Waals surface area contributed by atoms with Crippen LogP contribution in [-0.4, -0.2) is 43.3 Å². The van der Waals surface area contributed by atoms with Gasteiger partial charge in [-0.2, -0.15) is 0 Å². The molecule has 1 aromatic carbocycles. The predicted molar refractivity (Wildman–Crippen MR) is 86.0 cm³/mol. The van der Waals surface area contributed by atoms with Gasteiger partial charge in [0.2, 0.25) is 0 Å². The Morgan fingerprint density at radius 1 is 1.52 bits per heavy atom. The van der Waals surface area contributed by atoms with E-state index in [0.717, 1.165) is 24.4 Å². The number of nitrogens with zero attached hydrogens (tertiary/aromatic N) is 1. The molecule has 2 rings (SSSR count). The van der Waals surface area contributed by atoms with E-state index < -0.39 is 0 Å². The number of hydrogen-bond acceptors (Lipinski definition) is 4. The maximum absolute atomic E-state index is 6.41. The van der Waals surface area contributed by atoms with E-state index in [-0.39, 0.29) is 17.7 Å². The molecule has 0 bridgehead atoms. The van der Waals surface area contributed by atoms with Crippen molar-refractivity contribution >= 4 is 11.6 Å². The molecule has 118 valence electrons. The van der Waals surface area contributed by atoms with Crippen molar-refractivity contribution in [3.8, 4) is 5.75 Å². The molecule has 0 radical (unpaired) electrons. The largest absolute Gasteiger partial charge is 0.496 e. The average molecular weight is 313 g/mol. The first kappa shape index (κ1) is 16.6. The lowest BCUT2D eigenvalue weighted by Crippen LogP contribution is -2.53. The fourth-order valence-corrected chi connectivity index (χ4v) is 3.50. The molecular formula is C16H25ClN2O2. The number of benzene rings is 1. The lowest BCUT2D eigenvalue weighted by molar-refractivity contribution is -0.137. The van der Waals surface area contributed by atoms with Gasteiger partial charge in [-0.3, -0.25) is 4.90 Å². The Labute approximate surface area is 132 Å². The van der Waals surface area contributed by atoms with Crippen LogP contribution in [0.15, 0.2) is 18.2 Å². The molecule has 1 aliphatic heterocycles. The van der Waals surface area contributed by atoms with Crippen LogP contribution in [-0.2, 0) is 4.74 Å². The minimum absolute atomic E-state index is 0.0271. The minimum atomic E-state index is -0.195. The highest BCUT2D eigenvalue weighted by atomic mass is 35.5. The third-order valence-corrected chi connectivity index (χ3v) is 4.16. The van der Waals surface area contributed by atoms with Crippen LogP contribution in [0, 0.1) is 0 Å². The first-order valence-corrected chi connectivity index (χ1v) is 7.70. The lowest BCUT2D eigenvalue weighted by atomic mass is 9.98. The zero-order valence-electron chi connectivity index (χ0n) is 13.2. The maximum Gasteiger partial charge on any atom is 0.125 e. The third-order valence-electron chi connectivity index (χ3n) is 3.83. The quantitative estimate of drug-likeness (QED) is 0.928. The summed E-state index contributed by atoms with van der Waals surface area (Å²) in [6.07, 6.45) is 0.163. The van der Waals surface area contributed by atoms with Gasteiger partial charge in [0.05, 0.1) is 24.9 Å². The van der Waals surface area contributed by atoms with E-state index in [1.807, 2.05) is 18.2 Å². The Morgan fingerprint density at radius 2 is 2.24 bits per heavy atom. The fraction of sp³-hybridized carbons (Fsp3) is 0.625. The number of morpholine rings is 1. The Bertz CT molecular complexity index is 493. The molecule has 2 unspecified atom stereocenters. The van der Waals surface area contributed by atoms with Crippen LogP contribution in [0.25, 0.3) is 0 Å². The smallest absolute Gasteiger partial charge is 0.125 e. The van der Waals surface area contributed by atoms with Crippen molar-refractivity contribution in [2.24, 2.45) is 5.73 Å². The van der Waals surface area contributed by atoms with Crippen molar-refractivity contribution in [3.63, 3.8) is 0 Å². The van der Waals surface area contributed by atoms with Crippen molar-refractivity contribution in [3.05, 3.63) is 28.8 Å². The molecule has 1 aromatic rings. The van der Waals surface area contributed by atoms with Gasteiger partial charge in [0.15, 0.2) is 0 Å². The Balaban J connectivity index is 2.36. The van der Waals surface area contributed by atoms with Gasteiger partial charge in [-0.05, 0) is 32.9 Å². The van der Waals surface area contributed by atoms with E-state index in [4.69, 9.17) is 26.8 Å². The van der Waals surface area contributed by atoms with E-state index in [1.54, 1.807) is 7.11 Å². The minimum Gasteiger partial charge on any atom is -0.496 e. The topological polar surface area (TPSA) is 47.7 Å². The zero-order chi connectivity index (χ0) is 15.6. The summed E-state index contributed by atoms with van der Waals surface area (Å²) in [6.45, 7) is 8.43. The predicted octanol–water partition coefficient (Wildman–Crippen LogP) is 2.85. The normalized spacial score (nSPS) is 23.8. The third kappa shape index (κ3) is 3.69. The molecule has 0 saturated carbocycles. The molecule has 0 aromatic heterocycles. The molecule has 2 atom stereocenters. The highest BCUT2D eigenvalue weighted by Crippen LogP contribution is 2.37. The van der Waals surface area contributed by atoms with Crippen LogP contribution in [0.4, 0.5) is 0 Å². The summed E-state index contributed by atoms with van der Waals surface area (Å²) in [5, 5.41) is 0.696. The highest BCUT2D eigenvalue weighted by Gasteiger charge is 2.36. The summed E-state index contributed by atoms with van der Waals surface area (Å²) in [7, 11) is 1.66. The second-order valence-electron chi connectivity index (χ2n) is 6.22. The van der Waals surface area contributed by atoms with E-state index >= 15 is 0 Å². The number of hydrogen-bond donors (Lipinski definition) is 1. The maximum atomic E-state index is 6.41. The molecule has 1 saturated heterocycles. The van der Waals surface area contributed by atoms with Gasteiger partial charge in [0.1, 0.15) is 5.75 Å². The fourth-order valence-electron chi connectivity index (χ4n) is 3.21. The molecule has 0 aliphatic carbocycles. The number of methoxy groups -OCH3 is 1. The SMILES string of the molecule is COc1cccc(Cl)c1C(CN)N1CC(C)OC(C)(C)C1. The Morgan fingerprint density at radius 3 is 2.81 bits per heavy atom. The van der Waals surface area contributed by atoms with Crippen LogP contribution in [0.5, 0.6) is 5.75 Å². The van der Waals surface area contributed by atoms with Gasteiger partial charge in [-0.15, -0.1) is 0 Å². The van der Waals surface area contributed by atoms with Crippen LogP contribution < -0.4 is 10.5 Å². The van der Waals surface area contributed by atoms with E-state index in [0.29, 0.717) is 11.6 Å². The molecule has 0 amide bonds. The van der Waals surface area contributed by atoms with Crippen molar-refractivity contribution in [2.45, 2.75) is 38.5 Å². The zero-order valence-corrected chi connectivity index (χ0v) is 14.0. The van der Waals surface area contributed by atoms with Crippen LogP contribution in [0.2, 0.25) is 5.02 Å². The molecular weight excluding hydrogens is 288 g/mol. The molecule has 4 nitrogen and oxygen atoms in total. The monoisotopic (exact) mass is 312 g/mol. The Kier molecular flexibility index (Phi) is 5.15. The number of nitrogens with two attached hydrogens (primary N) is 1. The Hall–Kier alpha value is -0.810.